The lowest BCUT2D eigenvalue weighted by atomic mass is 10.1. The Kier molecular flexibility index (Phi) is 4.98. The number of carboxylic acid groups (broad SMARTS) is 1. The van der Waals surface area contributed by atoms with Crippen LogP contribution in [-0.2, 0) is 9.59 Å². The van der Waals surface area contributed by atoms with Gasteiger partial charge in [-0.3, -0.25) is 4.79 Å². The van der Waals surface area contributed by atoms with E-state index in [1.807, 2.05) is 0 Å². The normalized spacial score (nSPS) is 21.4. The van der Waals surface area contributed by atoms with Crippen molar-refractivity contribution in [3.63, 3.8) is 0 Å². The second-order valence-electron chi connectivity index (χ2n) is 3.96. The fourth-order valence-corrected chi connectivity index (χ4v) is 1.82. The van der Waals surface area contributed by atoms with Gasteiger partial charge in [0.15, 0.2) is 0 Å². The molecule has 5 heteroatoms. The van der Waals surface area contributed by atoms with Crippen LogP contribution in [-0.4, -0.2) is 48.1 Å². The number of nitrogens with one attached hydrogen (secondary N) is 1. The summed E-state index contributed by atoms with van der Waals surface area (Å²) in [5.41, 5.74) is 0. The van der Waals surface area contributed by atoms with Crippen molar-refractivity contribution >= 4 is 11.9 Å². The molecule has 1 unspecified atom stereocenters. The van der Waals surface area contributed by atoms with Crippen molar-refractivity contribution < 1.29 is 14.7 Å². The van der Waals surface area contributed by atoms with Crippen LogP contribution in [0.25, 0.3) is 0 Å². The average molecular weight is 226 g/mol. The molecule has 1 rings (SSSR count). The van der Waals surface area contributed by atoms with Gasteiger partial charge in [0.1, 0.15) is 0 Å². The zero-order valence-electron chi connectivity index (χ0n) is 9.48. The van der Waals surface area contributed by atoms with Gasteiger partial charge in [0.2, 0.25) is 5.91 Å². The van der Waals surface area contributed by atoms with Crippen LogP contribution in [0.2, 0.25) is 0 Å². The van der Waals surface area contributed by atoms with E-state index in [9.17, 15) is 9.59 Å². The molecule has 0 aromatic rings. The van der Waals surface area contributed by atoms with Gasteiger partial charge in [-0.05, 0) is 25.4 Å². The molecule has 0 aromatic carbocycles. The average Bonchev–Trinajstić information content (AvgIpc) is 2.71. The molecular weight excluding hydrogens is 208 g/mol. The molecule has 16 heavy (non-hydrogen) atoms. The number of hydrogen-bond donors (Lipinski definition) is 2. The van der Waals surface area contributed by atoms with Crippen molar-refractivity contribution in [2.24, 2.45) is 5.92 Å². The summed E-state index contributed by atoms with van der Waals surface area (Å²) in [7, 11) is 0. The molecule has 2 N–H and O–H groups in total. The van der Waals surface area contributed by atoms with Crippen LogP contribution in [0.3, 0.4) is 0 Å². The van der Waals surface area contributed by atoms with Crippen LogP contribution in [0.15, 0.2) is 12.2 Å². The Morgan fingerprint density at radius 2 is 2.25 bits per heavy atom. The van der Waals surface area contributed by atoms with Crippen molar-refractivity contribution in [3.8, 4) is 0 Å². The fourth-order valence-electron chi connectivity index (χ4n) is 1.82. The number of carboxylic acids is 1. The molecule has 1 heterocycles. The summed E-state index contributed by atoms with van der Waals surface area (Å²) in [6.45, 7) is 5.89. The zero-order chi connectivity index (χ0) is 12.0. The lowest BCUT2D eigenvalue weighted by Gasteiger charge is -2.13. The first kappa shape index (κ1) is 12.7. The summed E-state index contributed by atoms with van der Waals surface area (Å²) in [6, 6.07) is 0. The molecule has 1 amide bonds. The number of rotatable bonds is 5. The van der Waals surface area contributed by atoms with Crippen LogP contribution in [0, 0.1) is 5.92 Å². The predicted octanol–water partition coefficient (Wildman–Crippen LogP) is 0.0852. The maximum atomic E-state index is 11.2. The van der Waals surface area contributed by atoms with E-state index in [0.29, 0.717) is 12.5 Å². The minimum Gasteiger partial charge on any atom is -0.478 e. The first-order valence-electron chi connectivity index (χ1n) is 5.53. The number of aliphatic carboxylic acids is 1. The second kappa shape index (κ2) is 6.27. The highest BCUT2D eigenvalue weighted by Crippen LogP contribution is 2.14. The number of amides is 1. The number of nitrogens with zero attached hydrogens (tertiary/aromatic N) is 1. The van der Waals surface area contributed by atoms with E-state index < -0.39 is 5.97 Å². The van der Waals surface area contributed by atoms with Crippen LogP contribution in [0.1, 0.15) is 13.3 Å². The summed E-state index contributed by atoms with van der Waals surface area (Å²) >= 11 is 0. The zero-order valence-corrected chi connectivity index (χ0v) is 9.48. The van der Waals surface area contributed by atoms with Crippen molar-refractivity contribution in [1.29, 1.82) is 0 Å². The number of carbonyl (C=O) groups is 2. The standard InChI is InChI=1S/C11H18N2O3/c1-2-13-6-5-9(8-13)7-12-10(14)3-4-11(15)16/h3-4,9H,2,5-8H2,1H3,(H,12,14)(H,15,16)/b4-3+. The second-order valence-corrected chi connectivity index (χ2v) is 3.96. The number of likely N-dealkylation sites (tertiary alicyclic amines) is 1. The Labute approximate surface area is 95.1 Å². The van der Waals surface area contributed by atoms with Gasteiger partial charge in [-0.2, -0.15) is 0 Å². The van der Waals surface area contributed by atoms with Gasteiger partial charge in [0.05, 0.1) is 0 Å². The van der Waals surface area contributed by atoms with E-state index in [-0.39, 0.29) is 5.91 Å². The lowest BCUT2D eigenvalue weighted by Crippen LogP contribution is -2.29. The third kappa shape index (κ3) is 4.44. The Bertz CT molecular complexity index is 289. The molecule has 0 aliphatic carbocycles. The lowest BCUT2D eigenvalue weighted by molar-refractivity contribution is -0.131. The Hall–Kier alpha value is -1.36. The molecule has 1 saturated heterocycles. The van der Waals surface area contributed by atoms with Crippen molar-refractivity contribution in [3.05, 3.63) is 12.2 Å². The van der Waals surface area contributed by atoms with E-state index in [4.69, 9.17) is 5.11 Å². The third-order valence-electron chi connectivity index (χ3n) is 2.76. The maximum absolute atomic E-state index is 11.2. The summed E-state index contributed by atoms with van der Waals surface area (Å²) in [5, 5.41) is 11.0. The predicted molar refractivity (Wildman–Crippen MR) is 60.0 cm³/mol. The highest BCUT2D eigenvalue weighted by Gasteiger charge is 2.20. The summed E-state index contributed by atoms with van der Waals surface area (Å²) in [5.74, 6) is -0.951. The highest BCUT2D eigenvalue weighted by atomic mass is 16.4. The van der Waals surface area contributed by atoms with Crippen LogP contribution >= 0.6 is 0 Å². The van der Waals surface area contributed by atoms with Crippen molar-refractivity contribution in [2.75, 3.05) is 26.2 Å². The molecular formula is C11H18N2O3. The maximum Gasteiger partial charge on any atom is 0.328 e. The molecule has 0 bridgehead atoms. The van der Waals surface area contributed by atoms with Gasteiger partial charge < -0.3 is 15.3 Å². The topological polar surface area (TPSA) is 69.6 Å². The van der Waals surface area contributed by atoms with E-state index in [0.717, 1.165) is 38.2 Å². The van der Waals surface area contributed by atoms with Crippen LogP contribution in [0.4, 0.5) is 0 Å². The smallest absolute Gasteiger partial charge is 0.328 e. The number of carbonyl (C=O) groups excluding carboxylic acids is 1. The van der Waals surface area contributed by atoms with Crippen LogP contribution in [0.5, 0.6) is 0 Å². The molecule has 1 aliphatic rings. The first-order chi connectivity index (χ1) is 7.61. The Morgan fingerprint density at radius 3 is 2.81 bits per heavy atom. The summed E-state index contributed by atoms with van der Waals surface area (Å²) in [4.78, 5) is 23.7. The van der Waals surface area contributed by atoms with Gasteiger partial charge in [-0.25, -0.2) is 4.79 Å². The first-order valence-corrected chi connectivity index (χ1v) is 5.53. The molecule has 0 radical (unpaired) electrons. The SMILES string of the molecule is CCN1CCC(CNC(=O)/C=C/C(=O)O)C1. The number of hydrogen-bond acceptors (Lipinski definition) is 3. The van der Waals surface area contributed by atoms with Crippen molar-refractivity contribution in [2.45, 2.75) is 13.3 Å². The Balaban J connectivity index is 2.20. The molecule has 0 saturated carbocycles. The highest BCUT2D eigenvalue weighted by molar-refractivity contribution is 5.93. The van der Waals surface area contributed by atoms with Gasteiger partial charge in [0, 0.05) is 25.2 Å². The van der Waals surface area contributed by atoms with E-state index >= 15 is 0 Å². The van der Waals surface area contributed by atoms with E-state index in [1.54, 1.807) is 0 Å². The van der Waals surface area contributed by atoms with Gasteiger partial charge in [0.25, 0.3) is 0 Å². The van der Waals surface area contributed by atoms with E-state index in [2.05, 4.69) is 17.1 Å². The minimum absolute atomic E-state index is 0.336. The van der Waals surface area contributed by atoms with Gasteiger partial charge in [-0.1, -0.05) is 6.92 Å². The largest absolute Gasteiger partial charge is 0.478 e. The van der Waals surface area contributed by atoms with Gasteiger partial charge >= 0.3 is 5.97 Å². The molecule has 1 aliphatic heterocycles. The minimum atomic E-state index is -1.10. The monoisotopic (exact) mass is 226 g/mol. The molecule has 1 fully saturated rings. The fraction of sp³-hybridized carbons (Fsp3) is 0.636. The molecule has 90 valence electrons. The Morgan fingerprint density at radius 1 is 1.50 bits per heavy atom. The van der Waals surface area contributed by atoms with Crippen molar-refractivity contribution in [1.82, 2.24) is 10.2 Å². The summed E-state index contributed by atoms with van der Waals surface area (Å²) < 4.78 is 0. The van der Waals surface area contributed by atoms with Crippen LogP contribution < -0.4 is 5.32 Å². The molecule has 0 aromatic heterocycles. The molecule has 5 nitrogen and oxygen atoms in total. The molecule has 0 spiro atoms. The third-order valence-corrected chi connectivity index (χ3v) is 2.76. The van der Waals surface area contributed by atoms with E-state index in [1.165, 1.54) is 0 Å². The molecule has 1 atom stereocenters. The summed E-state index contributed by atoms with van der Waals surface area (Å²) in [6.07, 6.45) is 2.99. The quantitative estimate of drug-likeness (QED) is 0.652. The van der Waals surface area contributed by atoms with Gasteiger partial charge in [-0.15, -0.1) is 0 Å².